The molecule has 0 bridgehead atoms. The van der Waals surface area contributed by atoms with E-state index in [-0.39, 0.29) is 30.7 Å². The average Bonchev–Trinajstić information content (AvgIpc) is 3.02. The van der Waals surface area contributed by atoms with E-state index in [0.717, 1.165) is 11.8 Å². The molecular weight excluding hydrogens is 363 g/mol. The van der Waals surface area contributed by atoms with Crippen LogP contribution >= 0.6 is 11.8 Å². The van der Waals surface area contributed by atoms with Gasteiger partial charge in [0.25, 0.3) is 0 Å². The Kier molecular flexibility index (Phi) is 7.46. The maximum absolute atomic E-state index is 12.7. The lowest BCUT2D eigenvalue weighted by Crippen LogP contribution is -2.24. The van der Waals surface area contributed by atoms with Crippen molar-refractivity contribution in [1.29, 1.82) is 0 Å². The second-order valence-corrected chi connectivity index (χ2v) is 6.62. The number of esters is 1. The summed E-state index contributed by atoms with van der Waals surface area (Å²) in [4.78, 5) is 23.6. The quantitative estimate of drug-likeness (QED) is 0.527. The summed E-state index contributed by atoms with van der Waals surface area (Å²) in [7, 11) is 0. The fourth-order valence-corrected chi connectivity index (χ4v) is 2.49. The first-order valence-corrected chi connectivity index (χ1v) is 8.88. The molecule has 0 spiro atoms. The predicted octanol–water partition coefficient (Wildman–Crippen LogP) is 2.80. The summed E-state index contributed by atoms with van der Waals surface area (Å²) in [6.07, 6.45) is 0. The largest absolute Gasteiger partial charge is 0.490 e. The number of rotatable bonds is 9. The molecule has 0 fully saturated rings. The molecule has 0 radical (unpaired) electrons. The number of carbonyl (C=O) groups excluding carboxylic acids is 2. The molecule has 140 valence electrons. The Balaban J connectivity index is 1.60. The molecule has 1 aromatic carbocycles. The Hall–Kier alpha value is -2.55. The van der Waals surface area contributed by atoms with Crippen molar-refractivity contribution in [2.45, 2.75) is 19.1 Å². The number of benzene rings is 1. The summed E-state index contributed by atoms with van der Waals surface area (Å²) in [5, 5.41) is 5.80. The Morgan fingerprint density at radius 2 is 2.04 bits per heavy atom. The van der Waals surface area contributed by atoms with E-state index >= 15 is 0 Å². The zero-order chi connectivity index (χ0) is 18.9. The van der Waals surface area contributed by atoms with Gasteiger partial charge in [-0.15, -0.1) is 11.8 Å². The molecule has 0 saturated carbocycles. The van der Waals surface area contributed by atoms with E-state index in [1.165, 1.54) is 24.3 Å². The highest BCUT2D eigenvalue weighted by atomic mass is 32.2. The lowest BCUT2D eigenvalue weighted by atomic mass is 10.3. The van der Waals surface area contributed by atoms with Crippen LogP contribution in [0.1, 0.15) is 12.7 Å². The highest BCUT2D eigenvalue weighted by Crippen LogP contribution is 2.15. The molecule has 1 amide bonds. The zero-order valence-electron chi connectivity index (χ0n) is 14.4. The Morgan fingerprint density at radius 3 is 2.69 bits per heavy atom. The summed E-state index contributed by atoms with van der Waals surface area (Å²) in [5.74, 6) is 0.365. The first-order chi connectivity index (χ1) is 12.4. The van der Waals surface area contributed by atoms with Crippen molar-refractivity contribution >= 4 is 29.5 Å². The monoisotopic (exact) mass is 382 g/mol. The number of nitrogens with zero attached hydrogens (tertiary/aromatic N) is 1. The molecule has 0 aliphatic rings. The third-order valence-corrected chi connectivity index (χ3v) is 4.24. The fourth-order valence-electron chi connectivity index (χ4n) is 1.81. The van der Waals surface area contributed by atoms with Gasteiger partial charge in [0.15, 0.2) is 5.82 Å². The topological polar surface area (TPSA) is 90.7 Å². The number of hydrogen-bond donors (Lipinski definition) is 1. The van der Waals surface area contributed by atoms with Crippen LogP contribution < -0.4 is 10.1 Å². The van der Waals surface area contributed by atoms with Gasteiger partial charge in [-0.2, -0.15) is 0 Å². The molecule has 0 saturated heterocycles. The standard InChI is InChI=1S/C17H19FN2O5S/c1-11-9-15(20-25-11)19-17(22)12(2)26-10-16(21)24-8-7-23-14-5-3-13(18)4-6-14/h3-6,9,12H,7-8,10H2,1-2H3,(H,19,20,22)/t12-/m1/s1. The molecule has 1 heterocycles. The van der Waals surface area contributed by atoms with Gasteiger partial charge < -0.3 is 19.3 Å². The molecule has 1 N–H and O–H groups in total. The van der Waals surface area contributed by atoms with E-state index in [9.17, 15) is 14.0 Å². The van der Waals surface area contributed by atoms with Gasteiger partial charge in [-0.25, -0.2) is 4.39 Å². The number of carbonyl (C=O) groups is 2. The minimum atomic E-state index is -0.463. The van der Waals surface area contributed by atoms with Gasteiger partial charge in [0.05, 0.1) is 11.0 Å². The van der Waals surface area contributed by atoms with Crippen molar-refractivity contribution in [3.8, 4) is 5.75 Å². The Labute approximate surface area is 154 Å². The number of amides is 1. The van der Waals surface area contributed by atoms with Gasteiger partial charge in [0.2, 0.25) is 5.91 Å². The van der Waals surface area contributed by atoms with Crippen LogP contribution in [-0.2, 0) is 14.3 Å². The lowest BCUT2D eigenvalue weighted by Gasteiger charge is -2.10. The van der Waals surface area contributed by atoms with Crippen molar-refractivity contribution in [2.75, 3.05) is 24.3 Å². The zero-order valence-corrected chi connectivity index (χ0v) is 15.2. The van der Waals surface area contributed by atoms with Crippen LogP contribution in [0, 0.1) is 12.7 Å². The number of nitrogens with one attached hydrogen (secondary N) is 1. The van der Waals surface area contributed by atoms with E-state index < -0.39 is 11.2 Å². The second kappa shape index (κ2) is 9.81. The molecule has 1 atom stereocenters. The van der Waals surface area contributed by atoms with Gasteiger partial charge in [-0.3, -0.25) is 9.59 Å². The summed E-state index contributed by atoms with van der Waals surface area (Å²) in [6.45, 7) is 3.62. The first-order valence-electron chi connectivity index (χ1n) is 7.84. The van der Waals surface area contributed by atoms with E-state index in [1.807, 2.05) is 0 Å². The van der Waals surface area contributed by atoms with Gasteiger partial charge in [-0.05, 0) is 38.1 Å². The summed E-state index contributed by atoms with van der Waals surface area (Å²) < 4.78 is 27.9. The van der Waals surface area contributed by atoms with Crippen molar-refractivity contribution in [2.24, 2.45) is 0 Å². The highest BCUT2D eigenvalue weighted by molar-refractivity contribution is 8.01. The highest BCUT2D eigenvalue weighted by Gasteiger charge is 2.17. The van der Waals surface area contributed by atoms with Gasteiger partial charge in [-0.1, -0.05) is 5.16 Å². The van der Waals surface area contributed by atoms with Gasteiger partial charge in [0, 0.05) is 6.07 Å². The summed E-state index contributed by atoms with van der Waals surface area (Å²) >= 11 is 1.15. The van der Waals surface area contributed by atoms with Crippen molar-refractivity contribution in [3.05, 3.63) is 41.9 Å². The first kappa shape index (κ1) is 19.8. The maximum Gasteiger partial charge on any atom is 0.316 e. The van der Waals surface area contributed by atoms with Crippen molar-refractivity contribution < 1.29 is 28.0 Å². The fraction of sp³-hybridized carbons (Fsp3) is 0.353. The molecule has 26 heavy (non-hydrogen) atoms. The molecule has 1 aromatic heterocycles. The minimum Gasteiger partial charge on any atom is -0.490 e. The number of halogens is 1. The minimum absolute atomic E-state index is 0.0307. The number of anilines is 1. The van der Waals surface area contributed by atoms with E-state index in [0.29, 0.717) is 17.3 Å². The molecule has 7 nitrogen and oxygen atoms in total. The molecular formula is C17H19FN2O5S. The molecule has 0 aliphatic heterocycles. The van der Waals surface area contributed by atoms with E-state index in [4.69, 9.17) is 14.0 Å². The van der Waals surface area contributed by atoms with Crippen LogP contribution in [0.15, 0.2) is 34.9 Å². The number of aryl methyl sites for hydroxylation is 1. The number of hydrogen-bond acceptors (Lipinski definition) is 7. The van der Waals surface area contributed by atoms with Crippen LogP contribution in [0.3, 0.4) is 0 Å². The Morgan fingerprint density at radius 1 is 1.31 bits per heavy atom. The van der Waals surface area contributed by atoms with E-state index in [1.54, 1.807) is 19.9 Å². The molecule has 0 unspecified atom stereocenters. The Bertz CT molecular complexity index is 735. The summed E-state index contributed by atoms with van der Waals surface area (Å²) in [6, 6.07) is 7.15. The number of aromatic nitrogens is 1. The van der Waals surface area contributed by atoms with Crippen LogP contribution in [0.2, 0.25) is 0 Å². The third kappa shape index (κ3) is 6.75. The maximum atomic E-state index is 12.7. The van der Waals surface area contributed by atoms with Crippen LogP contribution in [0.5, 0.6) is 5.75 Å². The number of ether oxygens (including phenoxy) is 2. The predicted molar refractivity (Wildman–Crippen MR) is 94.6 cm³/mol. The molecule has 9 heteroatoms. The van der Waals surface area contributed by atoms with Gasteiger partial charge >= 0.3 is 5.97 Å². The lowest BCUT2D eigenvalue weighted by molar-refractivity contribution is -0.141. The smallest absolute Gasteiger partial charge is 0.316 e. The molecule has 2 aromatic rings. The summed E-state index contributed by atoms with van der Waals surface area (Å²) in [5.41, 5.74) is 0. The van der Waals surface area contributed by atoms with Crippen LogP contribution in [0.4, 0.5) is 10.2 Å². The normalized spacial score (nSPS) is 11.7. The van der Waals surface area contributed by atoms with Gasteiger partial charge in [0.1, 0.15) is 30.5 Å². The van der Waals surface area contributed by atoms with Crippen LogP contribution in [0.25, 0.3) is 0 Å². The van der Waals surface area contributed by atoms with Crippen molar-refractivity contribution in [1.82, 2.24) is 5.16 Å². The SMILES string of the molecule is Cc1cc(NC(=O)[C@@H](C)SCC(=O)OCCOc2ccc(F)cc2)no1. The molecule has 0 aliphatic carbocycles. The van der Waals surface area contributed by atoms with E-state index in [2.05, 4.69) is 10.5 Å². The third-order valence-electron chi connectivity index (χ3n) is 3.13. The average molecular weight is 382 g/mol. The van der Waals surface area contributed by atoms with Crippen LogP contribution in [-0.4, -0.2) is 41.2 Å². The van der Waals surface area contributed by atoms with Crippen molar-refractivity contribution in [3.63, 3.8) is 0 Å². The molecule has 2 rings (SSSR count). The number of thioether (sulfide) groups is 1. The second-order valence-electron chi connectivity index (χ2n) is 5.29.